The second kappa shape index (κ2) is 2.37. The van der Waals surface area contributed by atoms with Gasteiger partial charge >= 0.3 is 0 Å². The molecule has 1 rings (SSSR count). The maximum absolute atomic E-state index is 10.6. The van der Waals surface area contributed by atoms with Crippen molar-refractivity contribution in [3.63, 3.8) is 0 Å². The van der Waals surface area contributed by atoms with Crippen molar-refractivity contribution in [2.75, 3.05) is 0 Å². The third-order valence-electron chi connectivity index (χ3n) is 1.14. The number of hydrogen-bond donors (Lipinski definition) is 2. The van der Waals surface area contributed by atoms with E-state index in [9.17, 15) is 18.0 Å². The number of amides is 2. The van der Waals surface area contributed by atoms with Crippen molar-refractivity contribution in [3.8, 4) is 0 Å². The van der Waals surface area contributed by atoms with Crippen LogP contribution in [0.1, 0.15) is 0 Å². The zero-order valence-electron chi connectivity index (χ0n) is 5.46. The van der Waals surface area contributed by atoms with E-state index >= 15 is 0 Å². The SMILES string of the molecule is O=C1C=C(S(=O)(=O)O)C(=O)N1O. The monoisotopic (exact) mass is 193 g/mol. The molecule has 0 radical (unpaired) electrons. The van der Waals surface area contributed by atoms with Gasteiger partial charge in [0, 0.05) is 6.08 Å². The summed E-state index contributed by atoms with van der Waals surface area (Å²) < 4.78 is 28.9. The van der Waals surface area contributed by atoms with Gasteiger partial charge in [-0.2, -0.15) is 8.42 Å². The minimum Gasteiger partial charge on any atom is -0.282 e. The first-order valence-corrected chi connectivity index (χ1v) is 4.04. The fourth-order valence-corrected chi connectivity index (χ4v) is 1.18. The van der Waals surface area contributed by atoms with Crippen LogP contribution in [0.4, 0.5) is 0 Å². The minimum absolute atomic E-state index is 0.331. The van der Waals surface area contributed by atoms with Crippen LogP contribution in [-0.4, -0.2) is 35.1 Å². The number of rotatable bonds is 1. The molecule has 66 valence electrons. The molecule has 0 aliphatic carbocycles. The standard InChI is InChI=1S/C4H3NO6S/c6-3-1-2(12(9,10)11)4(7)5(3)8/h1,8H,(H,9,10,11). The first-order valence-electron chi connectivity index (χ1n) is 2.60. The molecule has 1 aliphatic rings. The average Bonchev–Trinajstić information content (AvgIpc) is 2.15. The van der Waals surface area contributed by atoms with Gasteiger partial charge in [-0.05, 0) is 0 Å². The fourth-order valence-electron chi connectivity index (χ4n) is 0.624. The molecule has 0 bridgehead atoms. The van der Waals surface area contributed by atoms with Crippen LogP contribution >= 0.6 is 0 Å². The van der Waals surface area contributed by atoms with Crippen LogP contribution in [0.3, 0.4) is 0 Å². The molecule has 0 atom stereocenters. The van der Waals surface area contributed by atoms with E-state index in [0.29, 0.717) is 6.08 Å². The van der Waals surface area contributed by atoms with Crippen molar-refractivity contribution >= 4 is 21.9 Å². The summed E-state index contributed by atoms with van der Waals surface area (Å²) in [6.07, 6.45) is 0.331. The minimum atomic E-state index is -4.73. The topological polar surface area (TPSA) is 112 Å². The Morgan fingerprint density at radius 2 is 1.83 bits per heavy atom. The average molecular weight is 193 g/mol. The van der Waals surface area contributed by atoms with Gasteiger partial charge in [0.2, 0.25) is 0 Å². The van der Waals surface area contributed by atoms with E-state index in [-0.39, 0.29) is 0 Å². The maximum atomic E-state index is 10.6. The van der Waals surface area contributed by atoms with Gasteiger partial charge in [-0.15, -0.1) is 5.06 Å². The van der Waals surface area contributed by atoms with Crippen LogP contribution in [0.25, 0.3) is 0 Å². The first kappa shape index (κ1) is 8.84. The van der Waals surface area contributed by atoms with Crippen molar-refractivity contribution in [3.05, 3.63) is 11.0 Å². The van der Waals surface area contributed by atoms with Crippen LogP contribution in [0.5, 0.6) is 0 Å². The molecule has 1 aliphatic heterocycles. The molecule has 12 heavy (non-hydrogen) atoms. The molecular formula is C4H3NO6S. The molecule has 0 aromatic heterocycles. The Morgan fingerprint density at radius 3 is 2.00 bits per heavy atom. The van der Waals surface area contributed by atoms with Crippen LogP contribution in [0.15, 0.2) is 11.0 Å². The van der Waals surface area contributed by atoms with E-state index in [1.54, 1.807) is 0 Å². The number of hydroxylamine groups is 2. The molecule has 0 fully saturated rings. The van der Waals surface area contributed by atoms with E-state index in [1.807, 2.05) is 0 Å². The van der Waals surface area contributed by atoms with Crippen LogP contribution < -0.4 is 0 Å². The highest BCUT2D eigenvalue weighted by Crippen LogP contribution is 2.14. The Hall–Kier alpha value is -1.25. The van der Waals surface area contributed by atoms with E-state index in [1.165, 1.54) is 0 Å². The quantitative estimate of drug-likeness (QED) is 0.298. The molecule has 0 saturated carbocycles. The van der Waals surface area contributed by atoms with Crippen molar-refractivity contribution < 1.29 is 27.8 Å². The molecule has 1 heterocycles. The van der Waals surface area contributed by atoms with E-state index < -0.39 is 31.9 Å². The van der Waals surface area contributed by atoms with Crippen molar-refractivity contribution in [1.82, 2.24) is 5.06 Å². The lowest BCUT2D eigenvalue weighted by atomic mass is 10.6. The molecule has 2 amide bonds. The van der Waals surface area contributed by atoms with Crippen LogP contribution in [0.2, 0.25) is 0 Å². The normalized spacial score (nSPS) is 18.5. The highest BCUT2D eigenvalue weighted by Gasteiger charge is 2.37. The number of hydrogen-bond acceptors (Lipinski definition) is 5. The number of imide groups is 1. The van der Waals surface area contributed by atoms with Gasteiger partial charge in [0.25, 0.3) is 21.9 Å². The van der Waals surface area contributed by atoms with Gasteiger partial charge < -0.3 is 0 Å². The van der Waals surface area contributed by atoms with Crippen LogP contribution in [0, 0.1) is 0 Å². The highest BCUT2D eigenvalue weighted by molar-refractivity contribution is 7.90. The molecule has 0 unspecified atom stereocenters. The summed E-state index contributed by atoms with van der Waals surface area (Å²) in [5.74, 6) is -2.66. The molecule has 0 spiro atoms. The third kappa shape index (κ3) is 1.22. The molecule has 0 aromatic rings. The zero-order valence-corrected chi connectivity index (χ0v) is 6.28. The Labute approximate surface area is 66.6 Å². The summed E-state index contributed by atoms with van der Waals surface area (Å²) in [6.45, 7) is 0. The molecule has 0 aromatic carbocycles. The Kier molecular flexibility index (Phi) is 1.75. The predicted octanol–water partition coefficient (Wildman–Crippen LogP) is -1.48. The summed E-state index contributed by atoms with van der Waals surface area (Å²) >= 11 is 0. The predicted molar refractivity (Wildman–Crippen MR) is 33.3 cm³/mol. The van der Waals surface area contributed by atoms with Gasteiger partial charge in [-0.1, -0.05) is 0 Å². The Balaban J connectivity index is 3.21. The lowest BCUT2D eigenvalue weighted by Gasteiger charge is -2.01. The lowest BCUT2D eigenvalue weighted by Crippen LogP contribution is -2.28. The van der Waals surface area contributed by atoms with Gasteiger partial charge in [-0.25, -0.2) is 0 Å². The van der Waals surface area contributed by atoms with Gasteiger partial charge in [0.05, 0.1) is 0 Å². The summed E-state index contributed by atoms with van der Waals surface area (Å²) in [6, 6.07) is 0. The van der Waals surface area contributed by atoms with Crippen molar-refractivity contribution in [1.29, 1.82) is 0 Å². The number of nitrogens with zero attached hydrogens (tertiary/aromatic N) is 1. The van der Waals surface area contributed by atoms with E-state index in [0.717, 1.165) is 0 Å². The van der Waals surface area contributed by atoms with E-state index in [2.05, 4.69) is 0 Å². The van der Waals surface area contributed by atoms with Gasteiger partial charge in [-0.3, -0.25) is 19.3 Å². The molecule has 2 N–H and O–H groups in total. The van der Waals surface area contributed by atoms with Crippen molar-refractivity contribution in [2.45, 2.75) is 0 Å². The van der Waals surface area contributed by atoms with E-state index in [4.69, 9.17) is 9.76 Å². The molecular weight excluding hydrogens is 190 g/mol. The Morgan fingerprint density at radius 1 is 1.33 bits per heavy atom. The van der Waals surface area contributed by atoms with Gasteiger partial charge in [0.15, 0.2) is 4.91 Å². The van der Waals surface area contributed by atoms with Crippen molar-refractivity contribution in [2.24, 2.45) is 0 Å². The summed E-state index contributed by atoms with van der Waals surface area (Å²) in [5, 5.41) is 8.11. The molecule has 8 heteroatoms. The smallest absolute Gasteiger partial charge is 0.282 e. The third-order valence-corrected chi connectivity index (χ3v) is 1.99. The lowest BCUT2D eigenvalue weighted by molar-refractivity contribution is -0.169. The highest BCUT2D eigenvalue weighted by atomic mass is 32.2. The number of carbonyl (C=O) groups is 2. The molecule has 7 nitrogen and oxygen atoms in total. The van der Waals surface area contributed by atoms with Crippen LogP contribution in [-0.2, 0) is 19.7 Å². The summed E-state index contributed by atoms with van der Waals surface area (Å²) in [5.41, 5.74) is 0. The van der Waals surface area contributed by atoms with Gasteiger partial charge in [0.1, 0.15) is 0 Å². The number of carbonyl (C=O) groups excluding carboxylic acids is 2. The second-order valence-electron chi connectivity index (χ2n) is 1.94. The first-order chi connectivity index (χ1) is 5.34. The second-order valence-corrected chi connectivity index (χ2v) is 3.33. The maximum Gasteiger partial charge on any atom is 0.300 e. The zero-order chi connectivity index (χ0) is 9.52. The molecule has 0 saturated heterocycles. The summed E-state index contributed by atoms with van der Waals surface area (Å²) in [7, 11) is -4.73. The largest absolute Gasteiger partial charge is 0.300 e. The summed E-state index contributed by atoms with van der Waals surface area (Å²) in [4.78, 5) is 19.9. The Bertz CT molecular complexity index is 378. The fraction of sp³-hybridized carbons (Fsp3) is 0.